The first kappa shape index (κ1) is 22.7. The zero-order valence-corrected chi connectivity index (χ0v) is 22.7. The summed E-state index contributed by atoms with van der Waals surface area (Å²) in [5, 5.41) is 23.7. The molecule has 2 aliphatic rings. The Morgan fingerprint density at radius 3 is 2.35 bits per heavy atom. The number of nitrogens with zero attached hydrogens (tertiary/aromatic N) is 3. The van der Waals surface area contributed by atoms with E-state index < -0.39 is 7.12 Å². The number of thiophene rings is 2. The Kier molecular flexibility index (Phi) is 4.67. The van der Waals surface area contributed by atoms with Crippen LogP contribution < -0.4 is 10.4 Å². The molecule has 5 nitrogen and oxygen atoms in total. The second-order valence-electron chi connectivity index (χ2n) is 10.4. The third kappa shape index (κ3) is 2.99. The summed E-state index contributed by atoms with van der Waals surface area (Å²) < 4.78 is 3.51. The number of hydrogen-bond acceptors (Lipinski definition) is 7. The number of hydrogen-bond donors (Lipinski definition) is 2. The van der Waals surface area contributed by atoms with Crippen molar-refractivity contribution in [3.8, 4) is 11.1 Å². The standard InChI is InChI=1S/C32H20BN3O2S2/c37-33(38)17-13-14-18-22(15-17)27-20-8-2-5-11-24(20)40-32(27)36-23-10-4-1-7-19(23)28(30(18)36)31-34-16-26-29(35-31)21-9-3-6-12-25(21)39-26/h1-16,28,30,37-38H. The molecule has 0 bridgehead atoms. The first-order valence-corrected chi connectivity index (χ1v) is 14.8. The van der Waals surface area contributed by atoms with Crippen molar-refractivity contribution < 1.29 is 10.0 Å². The highest BCUT2D eigenvalue weighted by Gasteiger charge is 2.47. The predicted octanol–water partition coefficient (Wildman–Crippen LogP) is 6.74. The largest absolute Gasteiger partial charge is 0.488 e. The maximum atomic E-state index is 10.1. The summed E-state index contributed by atoms with van der Waals surface area (Å²) >= 11 is 3.51. The third-order valence-electron chi connectivity index (χ3n) is 8.30. The van der Waals surface area contributed by atoms with E-state index in [1.807, 2.05) is 18.3 Å². The molecule has 2 unspecified atom stereocenters. The fraction of sp³-hybridized carbons (Fsp3) is 0.0625. The van der Waals surface area contributed by atoms with Crippen LogP contribution in [0.5, 0.6) is 0 Å². The molecule has 8 heteroatoms. The van der Waals surface area contributed by atoms with Crippen LogP contribution in [0.1, 0.15) is 28.9 Å². The quantitative estimate of drug-likeness (QED) is 0.232. The molecular formula is C32H20BN3O2S2. The van der Waals surface area contributed by atoms with Crippen LogP contribution in [0.2, 0.25) is 0 Å². The van der Waals surface area contributed by atoms with Gasteiger partial charge in [-0.25, -0.2) is 9.97 Å². The van der Waals surface area contributed by atoms with E-state index >= 15 is 0 Å². The van der Waals surface area contributed by atoms with E-state index in [0.29, 0.717) is 5.46 Å². The van der Waals surface area contributed by atoms with Gasteiger partial charge in [0.05, 0.1) is 22.2 Å². The lowest BCUT2D eigenvalue weighted by atomic mass is 9.75. The van der Waals surface area contributed by atoms with Gasteiger partial charge in [-0.05, 0) is 40.4 Å². The normalized spacial score (nSPS) is 17.2. The molecule has 4 aromatic carbocycles. The Balaban J connectivity index is 1.35. The fourth-order valence-electron chi connectivity index (χ4n) is 6.62. The first-order chi connectivity index (χ1) is 19.7. The first-order valence-electron chi connectivity index (χ1n) is 13.2. The van der Waals surface area contributed by atoms with Crippen molar-refractivity contribution in [1.29, 1.82) is 0 Å². The molecule has 0 spiro atoms. The Morgan fingerprint density at radius 2 is 1.50 bits per heavy atom. The Bertz CT molecular complexity index is 2150. The van der Waals surface area contributed by atoms with Crippen LogP contribution in [-0.2, 0) is 0 Å². The molecule has 3 aromatic heterocycles. The van der Waals surface area contributed by atoms with Gasteiger partial charge in [0.2, 0.25) is 0 Å². The molecule has 2 N–H and O–H groups in total. The molecular weight excluding hydrogens is 533 g/mol. The van der Waals surface area contributed by atoms with Crippen molar-refractivity contribution in [2.75, 3.05) is 4.90 Å². The van der Waals surface area contributed by atoms with Crippen molar-refractivity contribution in [2.24, 2.45) is 0 Å². The topological polar surface area (TPSA) is 69.5 Å². The van der Waals surface area contributed by atoms with Gasteiger partial charge in [-0.3, -0.25) is 0 Å². The van der Waals surface area contributed by atoms with Gasteiger partial charge in [0, 0.05) is 37.6 Å². The SMILES string of the molecule is OB(O)c1ccc2c(c1)-c1c(sc3ccccc13)N1c3ccccc3C(c3ncc4sc5ccccc5c4n3)C21. The summed E-state index contributed by atoms with van der Waals surface area (Å²) in [7, 11) is -1.54. The number of benzene rings is 4. The fourth-order valence-corrected chi connectivity index (χ4v) is 8.90. The number of aromatic nitrogens is 2. The molecule has 0 saturated carbocycles. The average Bonchev–Trinajstić information content (AvgIpc) is 3.66. The second-order valence-corrected chi connectivity index (χ2v) is 12.5. The molecule has 2 aliphatic heterocycles. The maximum Gasteiger partial charge on any atom is 0.488 e. The molecule has 0 radical (unpaired) electrons. The molecule has 5 heterocycles. The van der Waals surface area contributed by atoms with Crippen LogP contribution in [0, 0.1) is 0 Å². The molecule has 0 fully saturated rings. The van der Waals surface area contributed by atoms with E-state index in [9.17, 15) is 10.0 Å². The highest BCUT2D eigenvalue weighted by Crippen LogP contribution is 2.63. The summed E-state index contributed by atoms with van der Waals surface area (Å²) in [6, 6.07) is 31.3. The van der Waals surface area contributed by atoms with E-state index in [1.54, 1.807) is 22.7 Å². The molecule has 190 valence electrons. The van der Waals surface area contributed by atoms with E-state index in [-0.39, 0.29) is 12.0 Å². The lowest BCUT2D eigenvalue weighted by Gasteiger charge is -2.36. The zero-order valence-electron chi connectivity index (χ0n) is 21.0. The van der Waals surface area contributed by atoms with Gasteiger partial charge in [-0.2, -0.15) is 0 Å². The summed E-state index contributed by atoms with van der Waals surface area (Å²) in [6.45, 7) is 0. The van der Waals surface area contributed by atoms with Gasteiger partial charge in [0.15, 0.2) is 0 Å². The van der Waals surface area contributed by atoms with E-state index in [0.717, 1.165) is 38.1 Å². The van der Waals surface area contributed by atoms with Crippen molar-refractivity contribution >= 4 is 76.3 Å². The van der Waals surface area contributed by atoms with Gasteiger partial charge < -0.3 is 14.9 Å². The Hall–Kier alpha value is -4.08. The van der Waals surface area contributed by atoms with E-state index in [1.165, 1.54) is 31.0 Å². The summed E-state index contributed by atoms with van der Waals surface area (Å²) in [6.07, 6.45) is 1.98. The van der Waals surface area contributed by atoms with Crippen molar-refractivity contribution in [2.45, 2.75) is 12.0 Å². The van der Waals surface area contributed by atoms with Crippen molar-refractivity contribution in [3.63, 3.8) is 0 Å². The Labute approximate surface area is 237 Å². The molecule has 0 amide bonds. The van der Waals surface area contributed by atoms with Crippen LogP contribution in [-0.4, -0.2) is 27.1 Å². The molecule has 0 saturated heterocycles. The minimum atomic E-state index is -1.54. The zero-order chi connectivity index (χ0) is 26.5. The monoisotopic (exact) mass is 553 g/mol. The number of anilines is 2. The van der Waals surface area contributed by atoms with Gasteiger partial charge in [0.1, 0.15) is 10.8 Å². The van der Waals surface area contributed by atoms with Crippen molar-refractivity contribution in [3.05, 3.63) is 114 Å². The number of rotatable bonds is 2. The lowest BCUT2D eigenvalue weighted by molar-refractivity contribution is 0.426. The third-order valence-corrected chi connectivity index (χ3v) is 10.6. The summed E-state index contributed by atoms with van der Waals surface area (Å²) in [4.78, 5) is 12.7. The highest BCUT2D eigenvalue weighted by atomic mass is 32.1. The Morgan fingerprint density at radius 1 is 0.750 bits per heavy atom. The van der Waals surface area contributed by atoms with E-state index in [2.05, 4.69) is 83.8 Å². The minimum Gasteiger partial charge on any atom is -0.423 e. The van der Waals surface area contributed by atoms with E-state index in [4.69, 9.17) is 9.97 Å². The number of fused-ring (bicyclic) bond motifs is 13. The predicted molar refractivity (Wildman–Crippen MR) is 165 cm³/mol. The lowest BCUT2D eigenvalue weighted by Crippen LogP contribution is -2.32. The molecule has 0 aliphatic carbocycles. The van der Waals surface area contributed by atoms with Gasteiger partial charge in [-0.1, -0.05) is 72.8 Å². The van der Waals surface area contributed by atoms with Crippen molar-refractivity contribution in [1.82, 2.24) is 9.97 Å². The van der Waals surface area contributed by atoms with Crippen LogP contribution in [0.25, 0.3) is 41.5 Å². The van der Waals surface area contributed by atoms with Crippen LogP contribution in [0.4, 0.5) is 10.7 Å². The average molecular weight is 553 g/mol. The van der Waals surface area contributed by atoms with Gasteiger partial charge >= 0.3 is 7.12 Å². The van der Waals surface area contributed by atoms with Crippen LogP contribution in [0.3, 0.4) is 0 Å². The highest BCUT2D eigenvalue weighted by molar-refractivity contribution is 7.25. The maximum absolute atomic E-state index is 10.1. The molecule has 7 aromatic rings. The van der Waals surface area contributed by atoms with Crippen LogP contribution >= 0.6 is 22.7 Å². The minimum absolute atomic E-state index is 0.0693. The number of para-hydroxylation sites is 1. The summed E-state index contributed by atoms with van der Waals surface area (Å²) in [5.41, 5.74) is 7.18. The molecule has 9 rings (SSSR count). The summed E-state index contributed by atoms with van der Waals surface area (Å²) in [5.74, 6) is 0.707. The molecule has 2 atom stereocenters. The smallest absolute Gasteiger partial charge is 0.423 e. The van der Waals surface area contributed by atoms with Gasteiger partial charge in [0.25, 0.3) is 0 Å². The molecule has 40 heavy (non-hydrogen) atoms. The van der Waals surface area contributed by atoms with Crippen LogP contribution in [0.15, 0.2) is 97.2 Å². The van der Waals surface area contributed by atoms with Gasteiger partial charge in [-0.15, -0.1) is 22.7 Å². The second kappa shape index (κ2) is 8.22.